The Balaban J connectivity index is 2.24. The highest BCUT2D eigenvalue weighted by Gasteiger charge is 2.10. The molecule has 0 bridgehead atoms. The van der Waals surface area contributed by atoms with Gasteiger partial charge in [-0.2, -0.15) is 5.10 Å². The lowest BCUT2D eigenvalue weighted by molar-refractivity contribution is 0.0689. The van der Waals surface area contributed by atoms with Crippen LogP contribution in [0.25, 0.3) is 16.9 Å². The Morgan fingerprint density at radius 3 is 2.61 bits per heavy atom. The highest BCUT2D eigenvalue weighted by Crippen LogP contribution is 2.19. The van der Waals surface area contributed by atoms with Crippen molar-refractivity contribution < 1.29 is 9.90 Å². The zero-order valence-corrected chi connectivity index (χ0v) is 9.32. The molecule has 0 amide bonds. The summed E-state index contributed by atoms with van der Waals surface area (Å²) in [4.78, 5) is 15.1. The van der Waals surface area contributed by atoms with Crippen LogP contribution in [0, 0.1) is 0 Å². The molecule has 0 aliphatic heterocycles. The maximum atomic E-state index is 10.9. The number of benzene rings is 1. The first-order valence-corrected chi connectivity index (χ1v) is 5.39. The van der Waals surface area contributed by atoms with E-state index in [1.54, 1.807) is 16.8 Å². The number of hydrogen-bond acceptors (Lipinski definition) is 3. The molecule has 0 aliphatic rings. The summed E-state index contributed by atoms with van der Waals surface area (Å²) in [5.41, 5.74) is 2.34. The molecule has 0 spiro atoms. The molecular formula is C13H9N3O2. The molecular weight excluding hydrogens is 230 g/mol. The van der Waals surface area contributed by atoms with Gasteiger partial charge in [0.15, 0.2) is 11.3 Å². The van der Waals surface area contributed by atoms with Gasteiger partial charge in [0.2, 0.25) is 0 Å². The summed E-state index contributed by atoms with van der Waals surface area (Å²) in [6, 6.07) is 12.7. The second-order valence-electron chi connectivity index (χ2n) is 3.80. The molecule has 5 nitrogen and oxygen atoms in total. The number of fused-ring (bicyclic) bond motifs is 1. The van der Waals surface area contributed by atoms with Crippen LogP contribution in [0.3, 0.4) is 0 Å². The van der Waals surface area contributed by atoms with E-state index in [9.17, 15) is 4.79 Å². The maximum absolute atomic E-state index is 10.9. The molecule has 0 saturated heterocycles. The Kier molecular flexibility index (Phi) is 2.30. The SMILES string of the molecule is O=C(O)c1ccc2ncc(-c3ccccc3)n2n1. The molecule has 1 aromatic carbocycles. The normalized spacial score (nSPS) is 10.7. The van der Waals surface area contributed by atoms with Crippen LogP contribution < -0.4 is 0 Å². The van der Waals surface area contributed by atoms with Crippen LogP contribution in [-0.2, 0) is 0 Å². The van der Waals surface area contributed by atoms with Crippen molar-refractivity contribution in [3.05, 3.63) is 54.4 Å². The van der Waals surface area contributed by atoms with Crippen LogP contribution in [0.15, 0.2) is 48.7 Å². The molecule has 2 heterocycles. The number of nitrogens with zero attached hydrogens (tertiary/aromatic N) is 3. The summed E-state index contributed by atoms with van der Waals surface area (Å²) in [6.45, 7) is 0. The Morgan fingerprint density at radius 2 is 1.89 bits per heavy atom. The van der Waals surface area contributed by atoms with Crippen molar-refractivity contribution in [2.24, 2.45) is 0 Å². The van der Waals surface area contributed by atoms with Gasteiger partial charge in [0.05, 0.1) is 11.9 Å². The second-order valence-corrected chi connectivity index (χ2v) is 3.80. The quantitative estimate of drug-likeness (QED) is 0.743. The Hall–Kier alpha value is -2.69. The molecule has 1 N–H and O–H groups in total. The first-order valence-electron chi connectivity index (χ1n) is 5.39. The van der Waals surface area contributed by atoms with Gasteiger partial charge in [-0.15, -0.1) is 0 Å². The van der Waals surface area contributed by atoms with Crippen LogP contribution in [0.2, 0.25) is 0 Å². The predicted molar refractivity (Wildman–Crippen MR) is 65.4 cm³/mol. The van der Waals surface area contributed by atoms with E-state index in [4.69, 9.17) is 5.11 Å². The van der Waals surface area contributed by atoms with Crippen LogP contribution in [0.1, 0.15) is 10.5 Å². The topological polar surface area (TPSA) is 67.5 Å². The first-order chi connectivity index (χ1) is 8.75. The largest absolute Gasteiger partial charge is 0.476 e. The molecule has 3 aromatic rings. The van der Waals surface area contributed by atoms with E-state index in [1.807, 2.05) is 30.3 Å². The van der Waals surface area contributed by atoms with E-state index >= 15 is 0 Å². The standard InChI is InChI=1S/C13H9N3O2/c17-13(18)10-6-7-12-14-8-11(16(12)15-10)9-4-2-1-3-5-9/h1-8H,(H,17,18). The fraction of sp³-hybridized carbons (Fsp3) is 0. The third-order valence-corrected chi connectivity index (χ3v) is 2.65. The second kappa shape index (κ2) is 3.96. The van der Waals surface area contributed by atoms with Crippen molar-refractivity contribution in [1.82, 2.24) is 14.6 Å². The van der Waals surface area contributed by atoms with E-state index in [0.29, 0.717) is 5.65 Å². The smallest absolute Gasteiger partial charge is 0.356 e. The Bertz CT molecular complexity index is 719. The number of carboxylic acids is 1. The molecule has 3 rings (SSSR count). The molecule has 2 aromatic heterocycles. The molecule has 5 heteroatoms. The number of rotatable bonds is 2. The van der Waals surface area contributed by atoms with Crippen molar-refractivity contribution in [1.29, 1.82) is 0 Å². The Morgan fingerprint density at radius 1 is 1.11 bits per heavy atom. The molecule has 0 unspecified atom stereocenters. The summed E-state index contributed by atoms with van der Waals surface area (Å²) in [6.07, 6.45) is 1.68. The summed E-state index contributed by atoms with van der Waals surface area (Å²) < 4.78 is 1.54. The van der Waals surface area contributed by atoms with Gasteiger partial charge in [0.25, 0.3) is 0 Å². The van der Waals surface area contributed by atoms with Gasteiger partial charge in [0, 0.05) is 5.56 Å². The lowest BCUT2D eigenvalue weighted by atomic mass is 10.2. The van der Waals surface area contributed by atoms with Crippen LogP contribution in [-0.4, -0.2) is 25.7 Å². The van der Waals surface area contributed by atoms with Crippen molar-refractivity contribution in [2.45, 2.75) is 0 Å². The number of aromatic nitrogens is 3. The molecule has 88 valence electrons. The van der Waals surface area contributed by atoms with Crippen molar-refractivity contribution in [2.75, 3.05) is 0 Å². The van der Waals surface area contributed by atoms with Crippen LogP contribution in [0.4, 0.5) is 0 Å². The summed E-state index contributed by atoms with van der Waals surface area (Å²) >= 11 is 0. The van der Waals surface area contributed by atoms with E-state index in [0.717, 1.165) is 11.3 Å². The number of carboxylic acid groups (broad SMARTS) is 1. The fourth-order valence-electron chi connectivity index (χ4n) is 1.79. The zero-order valence-electron chi connectivity index (χ0n) is 9.32. The van der Waals surface area contributed by atoms with Gasteiger partial charge in [-0.05, 0) is 12.1 Å². The van der Waals surface area contributed by atoms with E-state index in [2.05, 4.69) is 10.1 Å². The van der Waals surface area contributed by atoms with Crippen molar-refractivity contribution >= 4 is 11.6 Å². The molecule has 0 radical (unpaired) electrons. The highest BCUT2D eigenvalue weighted by molar-refractivity contribution is 5.85. The third-order valence-electron chi connectivity index (χ3n) is 2.65. The van der Waals surface area contributed by atoms with Crippen LogP contribution in [0.5, 0.6) is 0 Å². The minimum absolute atomic E-state index is 0.00215. The zero-order chi connectivity index (χ0) is 12.5. The number of hydrogen-bond donors (Lipinski definition) is 1. The predicted octanol–water partition coefficient (Wildman–Crippen LogP) is 2.09. The summed E-state index contributed by atoms with van der Waals surface area (Å²) in [5.74, 6) is -1.05. The average Bonchev–Trinajstić information content (AvgIpc) is 2.82. The van der Waals surface area contributed by atoms with Crippen LogP contribution >= 0.6 is 0 Å². The van der Waals surface area contributed by atoms with Gasteiger partial charge >= 0.3 is 5.97 Å². The minimum Gasteiger partial charge on any atom is -0.476 e. The molecule has 18 heavy (non-hydrogen) atoms. The Labute approximate surface area is 102 Å². The average molecular weight is 239 g/mol. The third kappa shape index (κ3) is 1.62. The lowest BCUT2D eigenvalue weighted by Gasteiger charge is -2.01. The summed E-state index contributed by atoms with van der Waals surface area (Å²) in [7, 11) is 0. The maximum Gasteiger partial charge on any atom is 0.356 e. The summed E-state index contributed by atoms with van der Waals surface area (Å²) in [5, 5.41) is 13.0. The van der Waals surface area contributed by atoms with Gasteiger partial charge in [-0.25, -0.2) is 14.3 Å². The van der Waals surface area contributed by atoms with Gasteiger partial charge in [-0.1, -0.05) is 30.3 Å². The monoisotopic (exact) mass is 239 g/mol. The molecule has 0 aliphatic carbocycles. The van der Waals surface area contributed by atoms with E-state index in [-0.39, 0.29) is 5.69 Å². The fourth-order valence-corrected chi connectivity index (χ4v) is 1.79. The first kappa shape index (κ1) is 10.5. The van der Waals surface area contributed by atoms with Gasteiger partial charge < -0.3 is 5.11 Å². The lowest BCUT2D eigenvalue weighted by Crippen LogP contribution is -2.05. The molecule has 0 saturated carbocycles. The van der Waals surface area contributed by atoms with Gasteiger partial charge in [-0.3, -0.25) is 0 Å². The van der Waals surface area contributed by atoms with E-state index in [1.165, 1.54) is 6.07 Å². The molecule has 0 atom stereocenters. The number of carbonyl (C=O) groups is 1. The number of imidazole rings is 1. The van der Waals surface area contributed by atoms with Gasteiger partial charge in [0.1, 0.15) is 0 Å². The minimum atomic E-state index is -1.05. The van der Waals surface area contributed by atoms with E-state index < -0.39 is 5.97 Å². The van der Waals surface area contributed by atoms with Crippen molar-refractivity contribution in [3.63, 3.8) is 0 Å². The van der Waals surface area contributed by atoms with Crippen molar-refractivity contribution in [3.8, 4) is 11.3 Å². The number of aromatic carboxylic acids is 1. The highest BCUT2D eigenvalue weighted by atomic mass is 16.4. The molecule has 0 fully saturated rings.